The van der Waals surface area contributed by atoms with Crippen LogP contribution in [0.1, 0.15) is 16.1 Å². The Labute approximate surface area is 104 Å². The van der Waals surface area contributed by atoms with E-state index in [4.69, 9.17) is 4.74 Å². The van der Waals surface area contributed by atoms with Gasteiger partial charge < -0.3 is 14.8 Å². The van der Waals surface area contributed by atoms with Crippen LogP contribution in [-0.2, 0) is 14.3 Å². The molecule has 1 aromatic rings. The minimum absolute atomic E-state index is 0.0401. The van der Waals surface area contributed by atoms with Crippen LogP contribution in [0.3, 0.4) is 0 Å². The summed E-state index contributed by atoms with van der Waals surface area (Å²) in [5.41, 5.74) is 0. The van der Waals surface area contributed by atoms with Gasteiger partial charge in [-0.3, -0.25) is 4.79 Å². The van der Waals surface area contributed by atoms with Crippen molar-refractivity contribution in [1.29, 1.82) is 0 Å². The lowest BCUT2D eigenvalue weighted by Crippen LogP contribution is -2.25. The van der Waals surface area contributed by atoms with Gasteiger partial charge in [-0.25, -0.2) is 4.79 Å². The summed E-state index contributed by atoms with van der Waals surface area (Å²) in [5.74, 6) is -0.486. The first kappa shape index (κ1) is 13.7. The number of ether oxygens (including phenoxy) is 2. The number of esters is 1. The molecule has 94 valence electrons. The molecule has 0 saturated heterocycles. The van der Waals surface area contributed by atoms with Crippen molar-refractivity contribution in [3.05, 3.63) is 22.4 Å². The highest BCUT2D eigenvalue weighted by molar-refractivity contribution is 7.12. The number of methoxy groups -OCH3 is 1. The summed E-state index contributed by atoms with van der Waals surface area (Å²) in [5, 5.41) is 4.59. The van der Waals surface area contributed by atoms with Crippen molar-refractivity contribution in [3.8, 4) is 0 Å². The third kappa shape index (κ3) is 5.46. The topological polar surface area (TPSA) is 64.6 Å². The fourth-order valence-corrected chi connectivity index (χ4v) is 1.75. The van der Waals surface area contributed by atoms with Gasteiger partial charge in [0.05, 0.1) is 11.5 Å². The maximum atomic E-state index is 11.5. The zero-order valence-electron chi connectivity index (χ0n) is 9.60. The lowest BCUT2D eigenvalue weighted by atomic mass is 10.4. The fourth-order valence-electron chi connectivity index (χ4n) is 1.11. The Balaban J connectivity index is 2.05. The first-order valence-corrected chi connectivity index (χ1v) is 6.08. The van der Waals surface area contributed by atoms with Gasteiger partial charge in [-0.05, 0) is 17.9 Å². The number of amides is 1. The van der Waals surface area contributed by atoms with Crippen molar-refractivity contribution in [1.82, 2.24) is 5.32 Å². The molecule has 0 atom stereocenters. The van der Waals surface area contributed by atoms with Gasteiger partial charge in [0.15, 0.2) is 0 Å². The molecule has 0 unspecified atom stereocenters. The van der Waals surface area contributed by atoms with Crippen LogP contribution in [-0.4, -0.2) is 38.7 Å². The summed E-state index contributed by atoms with van der Waals surface area (Å²) < 4.78 is 9.45. The number of hydrogen-bond acceptors (Lipinski definition) is 5. The van der Waals surface area contributed by atoms with Crippen LogP contribution in [0, 0.1) is 0 Å². The van der Waals surface area contributed by atoms with Gasteiger partial charge >= 0.3 is 5.97 Å². The van der Waals surface area contributed by atoms with Crippen LogP contribution in [0.4, 0.5) is 0 Å². The quantitative estimate of drug-likeness (QED) is 0.586. The van der Waals surface area contributed by atoms with Crippen LogP contribution in [0.2, 0.25) is 0 Å². The minimum Gasteiger partial charge on any atom is -0.464 e. The molecule has 5 nitrogen and oxygen atoms in total. The normalized spacial score (nSPS) is 9.94. The smallest absolute Gasteiger partial charge is 0.332 e. The second-order valence-electron chi connectivity index (χ2n) is 3.24. The van der Waals surface area contributed by atoms with Crippen molar-refractivity contribution in [2.45, 2.75) is 6.42 Å². The molecule has 0 radical (unpaired) electrons. The highest BCUT2D eigenvalue weighted by Crippen LogP contribution is 2.07. The third-order valence-corrected chi connectivity index (χ3v) is 2.75. The summed E-state index contributed by atoms with van der Waals surface area (Å²) in [6.45, 7) is 0.728. The number of hydrogen-bond donors (Lipinski definition) is 1. The van der Waals surface area contributed by atoms with E-state index in [1.807, 2.05) is 11.4 Å². The summed E-state index contributed by atoms with van der Waals surface area (Å²) in [4.78, 5) is 23.1. The molecular formula is C11H15NO4S. The Kier molecular flexibility index (Phi) is 6.27. The SMILES string of the molecule is COCC(=O)OCCCNC(=O)c1cccs1. The monoisotopic (exact) mass is 257 g/mol. The Hall–Kier alpha value is -1.40. The first-order valence-electron chi connectivity index (χ1n) is 5.20. The van der Waals surface area contributed by atoms with Gasteiger partial charge in [0.1, 0.15) is 6.61 Å². The van der Waals surface area contributed by atoms with Crippen molar-refractivity contribution < 1.29 is 19.1 Å². The lowest BCUT2D eigenvalue weighted by molar-refractivity contribution is -0.147. The van der Waals surface area contributed by atoms with Crippen LogP contribution in [0.5, 0.6) is 0 Å². The van der Waals surface area contributed by atoms with Crippen molar-refractivity contribution >= 4 is 23.2 Å². The van der Waals surface area contributed by atoms with Gasteiger partial charge in [0.25, 0.3) is 5.91 Å². The number of carbonyl (C=O) groups is 2. The first-order chi connectivity index (χ1) is 8.24. The average molecular weight is 257 g/mol. The third-order valence-electron chi connectivity index (χ3n) is 1.88. The Morgan fingerprint density at radius 2 is 2.29 bits per heavy atom. The summed E-state index contributed by atoms with van der Waals surface area (Å²) in [6.07, 6.45) is 0.590. The molecule has 1 N–H and O–H groups in total. The highest BCUT2D eigenvalue weighted by atomic mass is 32.1. The maximum Gasteiger partial charge on any atom is 0.332 e. The predicted molar refractivity (Wildman–Crippen MR) is 64.1 cm³/mol. The molecule has 0 bridgehead atoms. The van der Waals surface area contributed by atoms with Gasteiger partial charge in [0.2, 0.25) is 0 Å². The second kappa shape index (κ2) is 7.81. The van der Waals surface area contributed by atoms with Crippen molar-refractivity contribution in [2.75, 3.05) is 26.9 Å². The van der Waals surface area contributed by atoms with E-state index in [2.05, 4.69) is 10.1 Å². The fraction of sp³-hybridized carbons (Fsp3) is 0.455. The van der Waals surface area contributed by atoms with E-state index in [0.29, 0.717) is 17.8 Å². The average Bonchev–Trinajstić information content (AvgIpc) is 2.82. The van der Waals surface area contributed by atoms with Crippen LogP contribution < -0.4 is 5.32 Å². The molecule has 0 saturated carbocycles. The van der Waals surface area contributed by atoms with Crippen LogP contribution >= 0.6 is 11.3 Å². The van der Waals surface area contributed by atoms with E-state index in [1.54, 1.807) is 6.07 Å². The lowest BCUT2D eigenvalue weighted by Gasteiger charge is -2.05. The molecule has 17 heavy (non-hydrogen) atoms. The molecule has 0 fully saturated rings. The van der Waals surface area contributed by atoms with E-state index in [1.165, 1.54) is 18.4 Å². The van der Waals surface area contributed by atoms with Gasteiger partial charge in [0, 0.05) is 13.7 Å². The zero-order valence-corrected chi connectivity index (χ0v) is 10.4. The number of rotatable bonds is 7. The molecule has 6 heteroatoms. The molecule has 1 amide bonds. The van der Waals surface area contributed by atoms with Gasteiger partial charge in [-0.2, -0.15) is 0 Å². The number of thiophene rings is 1. The number of carbonyl (C=O) groups excluding carboxylic acids is 2. The molecule has 0 aromatic carbocycles. The molecule has 0 aliphatic rings. The van der Waals surface area contributed by atoms with E-state index in [0.717, 1.165) is 0 Å². The van der Waals surface area contributed by atoms with E-state index in [9.17, 15) is 9.59 Å². The van der Waals surface area contributed by atoms with E-state index in [-0.39, 0.29) is 19.1 Å². The van der Waals surface area contributed by atoms with Crippen LogP contribution in [0.25, 0.3) is 0 Å². The number of nitrogens with one attached hydrogen (secondary N) is 1. The zero-order chi connectivity index (χ0) is 12.5. The molecule has 1 heterocycles. The van der Waals surface area contributed by atoms with Gasteiger partial charge in [-0.1, -0.05) is 6.07 Å². The maximum absolute atomic E-state index is 11.5. The highest BCUT2D eigenvalue weighted by Gasteiger charge is 2.05. The minimum atomic E-state index is -0.392. The van der Waals surface area contributed by atoms with E-state index >= 15 is 0 Å². The van der Waals surface area contributed by atoms with Gasteiger partial charge in [-0.15, -0.1) is 11.3 Å². The Morgan fingerprint density at radius 3 is 2.94 bits per heavy atom. The standard InChI is InChI=1S/C11H15NO4S/c1-15-8-10(13)16-6-3-5-12-11(14)9-4-2-7-17-9/h2,4,7H,3,5-6,8H2,1H3,(H,12,14). The van der Waals surface area contributed by atoms with Crippen LogP contribution in [0.15, 0.2) is 17.5 Å². The summed E-state index contributed by atoms with van der Waals surface area (Å²) >= 11 is 1.39. The molecule has 1 aromatic heterocycles. The molecule has 0 aliphatic heterocycles. The van der Waals surface area contributed by atoms with Crippen molar-refractivity contribution in [3.63, 3.8) is 0 Å². The summed E-state index contributed by atoms with van der Waals surface area (Å²) in [7, 11) is 1.43. The Bertz CT molecular complexity index is 350. The largest absolute Gasteiger partial charge is 0.464 e. The second-order valence-corrected chi connectivity index (χ2v) is 4.19. The summed E-state index contributed by atoms with van der Waals surface area (Å²) in [6, 6.07) is 3.59. The molecule has 0 spiro atoms. The molecular weight excluding hydrogens is 242 g/mol. The molecule has 0 aliphatic carbocycles. The molecule has 1 rings (SSSR count). The van der Waals surface area contributed by atoms with E-state index < -0.39 is 5.97 Å². The van der Waals surface area contributed by atoms with Crippen molar-refractivity contribution in [2.24, 2.45) is 0 Å². The Morgan fingerprint density at radius 1 is 1.47 bits per heavy atom. The predicted octanol–water partition coefficient (Wildman–Crippen LogP) is 1.06.